The van der Waals surface area contributed by atoms with E-state index in [2.05, 4.69) is 5.10 Å². The summed E-state index contributed by atoms with van der Waals surface area (Å²) >= 11 is 0. The van der Waals surface area contributed by atoms with Gasteiger partial charge in [0, 0.05) is 7.05 Å². The SMILES string of the molecule is Cn1c(=O)[nH]n([C@@H]2C=CC=CC2)c1=O. The molecule has 0 spiro atoms. The number of rotatable bonds is 1. The Morgan fingerprint density at radius 3 is 2.71 bits per heavy atom. The molecule has 14 heavy (non-hydrogen) atoms. The Labute approximate surface area is 80.0 Å². The molecule has 5 heteroatoms. The average Bonchev–Trinajstić information content (AvgIpc) is 2.47. The summed E-state index contributed by atoms with van der Waals surface area (Å²) in [6.45, 7) is 0. The van der Waals surface area contributed by atoms with Crippen LogP contribution in [-0.2, 0) is 7.05 Å². The Kier molecular flexibility index (Phi) is 1.99. The van der Waals surface area contributed by atoms with E-state index < -0.39 is 0 Å². The molecule has 2 rings (SSSR count). The Morgan fingerprint density at radius 2 is 2.21 bits per heavy atom. The zero-order valence-corrected chi connectivity index (χ0v) is 7.80. The number of nitrogens with one attached hydrogen (secondary N) is 1. The summed E-state index contributed by atoms with van der Waals surface area (Å²) in [5.41, 5.74) is -0.682. The van der Waals surface area contributed by atoms with E-state index in [4.69, 9.17) is 0 Å². The Morgan fingerprint density at radius 1 is 1.43 bits per heavy atom. The van der Waals surface area contributed by atoms with Gasteiger partial charge in [-0.25, -0.2) is 23.9 Å². The summed E-state index contributed by atoms with van der Waals surface area (Å²) in [7, 11) is 1.46. The smallest absolute Gasteiger partial charge is 0.246 e. The monoisotopic (exact) mass is 193 g/mol. The van der Waals surface area contributed by atoms with Gasteiger partial charge in [0.15, 0.2) is 0 Å². The van der Waals surface area contributed by atoms with Crippen molar-refractivity contribution in [3.8, 4) is 0 Å². The third-order valence-corrected chi connectivity index (χ3v) is 2.30. The molecule has 0 unspecified atom stereocenters. The van der Waals surface area contributed by atoms with E-state index >= 15 is 0 Å². The lowest BCUT2D eigenvalue weighted by Gasteiger charge is -2.11. The van der Waals surface area contributed by atoms with E-state index in [0.29, 0.717) is 0 Å². The van der Waals surface area contributed by atoms with Crippen LogP contribution < -0.4 is 11.4 Å². The van der Waals surface area contributed by atoms with Crippen LogP contribution >= 0.6 is 0 Å². The molecule has 0 saturated heterocycles. The van der Waals surface area contributed by atoms with Gasteiger partial charge in [0.1, 0.15) is 0 Å². The molecule has 0 aliphatic heterocycles. The average molecular weight is 193 g/mol. The zero-order chi connectivity index (χ0) is 10.1. The highest BCUT2D eigenvalue weighted by Gasteiger charge is 2.13. The molecule has 1 heterocycles. The lowest BCUT2D eigenvalue weighted by atomic mass is 10.1. The van der Waals surface area contributed by atoms with Gasteiger partial charge in [-0.05, 0) is 6.42 Å². The highest BCUT2D eigenvalue weighted by Crippen LogP contribution is 2.13. The molecule has 1 N–H and O–H groups in total. The molecule has 0 fully saturated rings. The fourth-order valence-electron chi connectivity index (χ4n) is 1.46. The van der Waals surface area contributed by atoms with Gasteiger partial charge < -0.3 is 0 Å². The lowest BCUT2D eigenvalue weighted by Crippen LogP contribution is -2.27. The van der Waals surface area contributed by atoms with Crippen LogP contribution in [0.5, 0.6) is 0 Å². The van der Waals surface area contributed by atoms with Gasteiger partial charge in [0.2, 0.25) is 0 Å². The summed E-state index contributed by atoms with van der Waals surface area (Å²) < 4.78 is 2.41. The molecule has 1 aliphatic rings. The first-order chi connectivity index (χ1) is 6.70. The normalized spacial score (nSPS) is 20.2. The fourth-order valence-corrected chi connectivity index (χ4v) is 1.46. The van der Waals surface area contributed by atoms with E-state index in [-0.39, 0.29) is 17.4 Å². The first kappa shape index (κ1) is 8.80. The number of hydrogen-bond acceptors (Lipinski definition) is 2. The van der Waals surface area contributed by atoms with Gasteiger partial charge in [0.05, 0.1) is 6.04 Å². The number of aromatic amines is 1. The quantitative estimate of drug-likeness (QED) is 0.678. The minimum Gasteiger partial charge on any atom is -0.246 e. The highest BCUT2D eigenvalue weighted by molar-refractivity contribution is 5.12. The van der Waals surface area contributed by atoms with Crippen LogP contribution in [0, 0.1) is 0 Å². The summed E-state index contributed by atoms with van der Waals surface area (Å²) in [6, 6.07) is -0.0681. The number of hydrogen-bond donors (Lipinski definition) is 1. The number of H-pyrrole nitrogens is 1. The lowest BCUT2D eigenvalue weighted by molar-refractivity contribution is 0.515. The molecule has 5 nitrogen and oxygen atoms in total. The van der Waals surface area contributed by atoms with Crippen LogP contribution in [0.3, 0.4) is 0 Å². The first-order valence-corrected chi connectivity index (χ1v) is 4.41. The van der Waals surface area contributed by atoms with Crippen molar-refractivity contribution >= 4 is 0 Å². The van der Waals surface area contributed by atoms with Crippen LogP contribution in [0.25, 0.3) is 0 Å². The van der Waals surface area contributed by atoms with E-state index in [9.17, 15) is 9.59 Å². The summed E-state index contributed by atoms with van der Waals surface area (Å²) in [6.07, 6.45) is 8.37. The number of allylic oxidation sites excluding steroid dienone is 4. The number of nitrogens with zero attached hydrogens (tertiary/aromatic N) is 2. The summed E-state index contributed by atoms with van der Waals surface area (Å²) in [4.78, 5) is 22.7. The predicted molar refractivity (Wildman–Crippen MR) is 52.2 cm³/mol. The fraction of sp³-hybridized carbons (Fsp3) is 0.333. The van der Waals surface area contributed by atoms with Crippen molar-refractivity contribution in [2.24, 2.45) is 7.05 Å². The molecular weight excluding hydrogens is 182 g/mol. The first-order valence-electron chi connectivity index (χ1n) is 4.41. The second kappa shape index (κ2) is 3.17. The molecule has 1 aromatic heterocycles. The van der Waals surface area contributed by atoms with Gasteiger partial charge in [0.25, 0.3) is 0 Å². The molecule has 0 bridgehead atoms. The van der Waals surface area contributed by atoms with Crippen LogP contribution in [0.15, 0.2) is 33.9 Å². The second-order valence-electron chi connectivity index (χ2n) is 3.24. The van der Waals surface area contributed by atoms with Crippen molar-refractivity contribution in [1.82, 2.24) is 14.3 Å². The summed E-state index contributed by atoms with van der Waals surface area (Å²) in [5, 5.41) is 2.51. The molecule has 0 amide bonds. The van der Waals surface area contributed by atoms with Crippen LogP contribution in [-0.4, -0.2) is 14.3 Å². The maximum absolute atomic E-state index is 11.5. The minimum absolute atomic E-state index is 0.0681. The molecule has 74 valence electrons. The third-order valence-electron chi connectivity index (χ3n) is 2.30. The van der Waals surface area contributed by atoms with Crippen molar-refractivity contribution in [3.05, 3.63) is 45.3 Å². The van der Waals surface area contributed by atoms with Crippen molar-refractivity contribution in [2.45, 2.75) is 12.5 Å². The topological polar surface area (TPSA) is 59.8 Å². The Bertz CT molecular complexity index is 501. The van der Waals surface area contributed by atoms with Crippen molar-refractivity contribution < 1.29 is 0 Å². The molecule has 1 aliphatic carbocycles. The van der Waals surface area contributed by atoms with Gasteiger partial charge in [-0.15, -0.1) is 0 Å². The van der Waals surface area contributed by atoms with Crippen LogP contribution in [0.1, 0.15) is 12.5 Å². The zero-order valence-electron chi connectivity index (χ0n) is 7.80. The van der Waals surface area contributed by atoms with E-state index in [1.807, 2.05) is 24.3 Å². The van der Waals surface area contributed by atoms with Crippen LogP contribution in [0.4, 0.5) is 0 Å². The predicted octanol–water partition coefficient (Wildman–Crippen LogP) is -0.0677. The largest absolute Gasteiger partial charge is 0.347 e. The molecule has 0 aromatic carbocycles. The Hall–Kier alpha value is -1.78. The minimum atomic E-state index is -0.377. The molecule has 1 aromatic rings. The van der Waals surface area contributed by atoms with Crippen molar-refractivity contribution in [1.29, 1.82) is 0 Å². The van der Waals surface area contributed by atoms with Gasteiger partial charge in [-0.1, -0.05) is 24.3 Å². The molecule has 1 atom stereocenters. The molecule has 0 saturated carbocycles. The van der Waals surface area contributed by atoms with E-state index in [0.717, 1.165) is 11.0 Å². The third kappa shape index (κ3) is 1.26. The van der Waals surface area contributed by atoms with Gasteiger partial charge in [-0.3, -0.25) is 0 Å². The maximum Gasteiger partial charge on any atom is 0.347 e. The standard InChI is InChI=1S/C9H11N3O2/c1-11-8(13)10-12(9(11)14)7-5-3-2-4-6-7/h2-5,7H,6H2,1H3,(H,10,13)/t7-/m1/s1. The van der Waals surface area contributed by atoms with Gasteiger partial charge in [-0.2, -0.15) is 0 Å². The molecule has 0 radical (unpaired) electrons. The van der Waals surface area contributed by atoms with Crippen molar-refractivity contribution in [3.63, 3.8) is 0 Å². The van der Waals surface area contributed by atoms with Gasteiger partial charge >= 0.3 is 11.4 Å². The van der Waals surface area contributed by atoms with Crippen LogP contribution in [0.2, 0.25) is 0 Å². The highest BCUT2D eigenvalue weighted by atomic mass is 16.2. The summed E-state index contributed by atoms with van der Waals surface area (Å²) in [5.74, 6) is 0. The van der Waals surface area contributed by atoms with Crippen molar-refractivity contribution in [2.75, 3.05) is 0 Å². The molecular formula is C9H11N3O2. The number of aromatic nitrogens is 3. The second-order valence-corrected chi connectivity index (χ2v) is 3.24. The van der Waals surface area contributed by atoms with E-state index in [1.54, 1.807) is 0 Å². The van der Waals surface area contributed by atoms with E-state index in [1.165, 1.54) is 11.7 Å². The Balaban J connectivity index is 2.47. The maximum atomic E-state index is 11.5.